The van der Waals surface area contributed by atoms with Gasteiger partial charge < -0.3 is 14.5 Å². The maximum absolute atomic E-state index is 12.7. The lowest BCUT2D eigenvalue weighted by molar-refractivity contribution is -0.130. The Balaban J connectivity index is 1.15. The highest BCUT2D eigenvalue weighted by Crippen LogP contribution is 2.37. The van der Waals surface area contributed by atoms with Crippen LogP contribution in [0.2, 0.25) is 0 Å². The summed E-state index contributed by atoms with van der Waals surface area (Å²) in [4.78, 5) is 28.4. The quantitative estimate of drug-likeness (QED) is 0.759. The molecular weight excluding hydrogens is 390 g/mol. The van der Waals surface area contributed by atoms with E-state index in [0.717, 1.165) is 77.4 Å². The van der Waals surface area contributed by atoms with Gasteiger partial charge >= 0.3 is 0 Å². The highest BCUT2D eigenvalue weighted by molar-refractivity contribution is 5.92. The first-order valence-electron chi connectivity index (χ1n) is 11.5. The van der Waals surface area contributed by atoms with E-state index in [4.69, 9.17) is 4.74 Å². The van der Waals surface area contributed by atoms with Crippen molar-refractivity contribution in [3.8, 4) is 0 Å². The number of amides is 1. The van der Waals surface area contributed by atoms with Crippen LogP contribution < -0.4 is 4.90 Å². The number of anilines is 1. The molecule has 5 rings (SSSR count). The Morgan fingerprint density at radius 2 is 1.68 bits per heavy atom. The van der Waals surface area contributed by atoms with Crippen molar-refractivity contribution in [1.82, 2.24) is 19.8 Å². The number of hydrogen-bond donors (Lipinski definition) is 0. The highest BCUT2D eigenvalue weighted by Gasteiger charge is 2.43. The molecular formula is C24H31N5O2. The molecule has 1 unspecified atom stereocenters. The van der Waals surface area contributed by atoms with Gasteiger partial charge in [-0.15, -0.1) is 0 Å². The molecule has 3 aliphatic heterocycles. The Hall–Kier alpha value is -2.51. The van der Waals surface area contributed by atoms with Crippen LogP contribution in [0.25, 0.3) is 0 Å². The van der Waals surface area contributed by atoms with E-state index in [0.29, 0.717) is 11.7 Å². The first-order chi connectivity index (χ1) is 15.2. The lowest BCUT2D eigenvalue weighted by Gasteiger charge is -2.49. The first-order valence-corrected chi connectivity index (χ1v) is 11.5. The SMILES string of the molecule is O=C(c1ccccn1)N1CCC2(CC1)CC(N1CCN(c3ccccn3)CC1)CCO2. The largest absolute Gasteiger partial charge is 0.375 e. The van der Waals surface area contributed by atoms with Crippen molar-refractivity contribution in [3.05, 3.63) is 54.5 Å². The van der Waals surface area contributed by atoms with E-state index >= 15 is 0 Å². The summed E-state index contributed by atoms with van der Waals surface area (Å²) in [6, 6.07) is 12.2. The topological polar surface area (TPSA) is 61.8 Å². The summed E-state index contributed by atoms with van der Waals surface area (Å²) < 4.78 is 6.35. The number of piperidine rings is 1. The third-order valence-electron chi connectivity index (χ3n) is 7.12. The van der Waals surface area contributed by atoms with Gasteiger partial charge in [-0.05, 0) is 49.9 Å². The second-order valence-corrected chi connectivity index (χ2v) is 8.90. The van der Waals surface area contributed by atoms with E-state index in [1.807, 2.05) is 29.3 Å². The number of hydrogen-bond acceptors (Lipinski definition) is 6. The molecule has 0 aromatic carbocycles. The molecule has 5 heterocycles. The summed E-state index contributed by atoms with van der Waals surface area (Å²) in [5, 5.41) is 0. The molecule has 7 heteroatoms. The van der Waals surface area contributed by atoms with Crippen molar-refractivity contribution < 1.29 is 9.53 Å². The summed E-state index contributed by atoms with van der Waals surface area (Å²) in [6.45, 7) is 6.50. The van der Waals surface area contributed by atoms with Gasteiger partial charge in [0.05, 0.1) is 5.60 Å². The van der Waals surface area contributed by atoms with E-state index in [-0.39, 0.29) is 11.5 Å². The summed E-state index contributed by atoms with van der Waals surface area (Å²) in [6.07, 6.45) is 7.55. The van der Waals surface area contributed by atoms with Crippen LogP contribution in [0.4, 0.5) is 5.82 Å². The van der Waals surface area contributed by atoms with Gasteiger partial charge in [0.2, 0.25) is 0 Å². The zero-order valence-electron chi connectivity index (χ0n) is 18.0. The predicted octanol–water partition coefficient (Wildman–Crippen LogP) is 2.45. The molecule has 0 N–H and O–H groups in total. The molecule has 164 valence electrons. The van der Waals surface area contributed by atoms with Crippen molar-refractivity contribution in [2.45, 2.75) is 37.3 Å². The fourth-order valence-electron chi connectivity index (χ4n) is 5.29. The molecule has 2 aromatic rings. The van der Waals surface area contributed by atoms with E-state index < -0.39 is 0 Å². The Morgan fingerprint density at radius 3 is 2.35 bits per heavy atom. The smallest absolute Gasteiger partial charge is 0.272 e. The van der Waals surface area contributed by atoms with E-state index in [1.54, 1.807) is 12.3 Å². The van der Waals surface area contributed by atoms with Gasteiger partial charge in [-0.2, -0.15) is 0 Å². The predicted molar refractivity (Wildman–Crippen MR) is 119 cm³/mol. The van der Waals surface area contributed by atoms with E-state index in [1.165, 1.54) is 0 Å². The third kappa shape index (κ3) is 4.43. The molecule has 2 aromatic heterocycles. The zero-order chi connectivity index (χ0) is 21.1. The summed E-state index contributed by atoms with van der Waals surface area (Å²) in [7, 11) is 0. The van der Waals surface area contributed by atoms with Crippen LogP contribution in [-0.2, 0) is 4.74 Å². The standard InChI is InChI=1S/C24H31N5O2/c30-23(21-5-1-3-10-25-21)29-12-8-24(9-13-29)19-20(7-18-31-24)27-14-16-28(17-15-27)22-6-2-4-11-26-22/h1-6,10-11,20H,7-9,12-19H2. The molecule has 0 saturated carbocycles. The molecule has 7 nitrogen and oxygen atoms in total. The minimum atomic E-state index is -0.0814. The lowest BCUT2D eigenvalue weighted by Crippen LogP contribution is -2.57. The fourth-order valence-corrected chi connectivity index (χ4v) is 5.29. The number of nitrogens with zero attached hydrogens (tertiary/aromatic N) is 5. The first kappa shape index (κ1) is 20.4. The fraction of sp³-hybridized carbons (Fsp3) is 0.542. The van der Waals surface area contributed by atoms with Crippen LogP contribution in [-0.4, -0.2) is 83.2 Å². The second kappa shape index (κ2) is 8.93. The molecule has 31 heavy (non-hydrogen) atoms. The van der Waals surface area contributed by atoms with Gasteiger partial charge in [0.25, 0.3) is 5.91 Å². The Kier molecular flexibility index (Phi) is 5.87. The van der Waals surface area contributed by atoms with Crippen LogP contribution >= 0.6 is 0 Å². The second-order valence-electron chi connectivity index (χ2n) is 8.90. The number of rotatable bonds is 3. The minimum Gasteiger partial charge on any atom is -0.375 e. The lowest BCUT2D eigenvalue weighted by atomic mass is 9.81. The minimum absolute atomic E-state index is 0.0356. The maximum atomic E-state index is 12.7. The normalized spacial score (nSPS) is 24.3. The Labute approximate surface area is 184 Å². The van der Waals surface area contributed by atoms with Crippen molar-refractivity contribution in [1.29, 1.82) is 0 Å². The van der Waals surface area contributed by atoms with Crippen molar-refractivity contribution in [3.63, 3.8) is 0 Å². The number of piperazine rings is 1. The van der Waals surface area contributed by atoms with E-state index in [9.17, 15) is 4.79 Å². The van der Waals surface area contributed by atoms with Crippen LogP contribution in [0.3, 0.4) is 0 Å². The number of aromatic nitrogens is 2. The van der Waals surface area contributed by atoms with Gasteiger partial charge in [0.15, 0.2) is 0 Å². The molecule has 3 saturated heterocycles. The molecule has 3 fully saturated rings. The molecule has 0 bridgehead atoms. The Bertz CT molecular complexity index is 862. The van der Waals surface area contributed by atoms with Crippen molar-refractivity contribution in [2.24, 2.45) is 0 Å². The number of likely N-dealkylation sites (tertiary alicyclic amines) is 1. The maximum Gasteiger partial charge on any atom is 0.272 e. The van der Waals surface area contributed by atoms with Gasteiger partial charge in [0.1, 0.15) is 11.5 Å². The monoisotopic (exact) mass is 421 g/mol. The van der Waals surface area contributed by atoms with Crippen LogP contribution in [0.15, 0.2) is 48.8 Å². The average molecular weight is 422 g/mol. The summed E-state index contributed by atoms with van der Waals surface area (Å²) >= 11 is 0. The van der Waals surface area contributed by atoms with Crippen molar-refractivity contribution >= 4 is 11.7 Å². The average Bonchev–Trinajstić information content (AvgIpc) is 2.85. The number of pyridine rings is 2. The molecule has 1 spiro atoms. The summed E-state index contributed by atoms with van der Waals surface area (Å²) in [5.74, 6) is 1.11. The Morgan fingerprint density at radius 1 is 0.935 bits per heavy atom. The third-order valence-corrected chi connectivity index (χ3v) is 7.12. The van der Waals surface area contributed by atoms with Crippen LogP contribution in [0.1, 0.15) is 36.2 Å². The molecule has 0 aliphatic carbocycles. The number of carbonyl (C=O) groups excluding carboxylic acids is 1. The van der Waals surface area contributed by atoms with E-state index in [2.05, 4.69) is 31.9 Å². The van der Waals surface area contributed by atoms with Gasteiger partial charge in [-0.25, -0.2) is 4.98 Å². The molecule has 0 radical (unpaired) electrons. The molecule has 1 atom stereocenters. The number of ether oxygens (including phenoxy) is 1. The molecule has 3 aliphatic rings. The van der Waals surface area contributed by atoms with Gasteiger partial charge in [-0.3, -0.25) is 14.7 Å². The van der Waals surface area contributed by atoms with Gasteiger partial charge in [-0.1, -0.05) is 12.1 Å². The zero-order valence-corrected chi connectivity index (χ0v) is 18.0. The summed E-state index contributed by atoms with van der Waals surface area (Å²) in [5.41, 5.74) is 0.453. The molecule has 1 amide bonds. The van der Waals surface area contributed by atoms with Crippen LogP contribution in [0.5, 0.6) is 0 Å². The van der Waals surface area contributed by atoms with Crippen LogP contribution in [0, 0.1) is 0 Å². The van der Waals surface area contributed by atoms with Gasteiger partial charge in [0, 0.05) is 64.3 Å². The number of carbonyl (C=O) groups is 1. The highest BCUT2D eigenvalue weighted by atomic mass is 16.5. The van der Waals surface area contributed by atoms with Crippen molar-refractivity contribution in [2.75, 3.05) is 50.8 Å².